The molecule has 2 amide bonds. The topological polar surface area (TPSA) is 75.7 Å². The monoisotopic (exact) mass is 366 g/mol. The van der Waals surface area contributed by atoms with E-state index in [-0.39, 0.29) is 24.8 Å². The van der Waals surface area contributed by atoms with Crippen LogP contribution in [0.2, 0.25) is 0 Å². The molecular weight excluding hydrogens is 344 g/mol. The van der Waals surface area contributed by atoms with Crippen molar-refractivity contribution in [3.05, 3.63) is 64.7 Å². The Balaban J connectivity index is 1.60. The second-order valence-electron chi connectivity index (χ2n) is 6.75. The lowest BCUT2D eigenvalue weighted by Gasteiger charge is -2.20. The molecule has 0 saturated carbocycles. The van der Waals surface area contributed by atoms with Crippen LogP contribution in [0.1, 0.15) is 39.6 Å². The Bertz CT molecular complexity index is 887. The first-order valence-electron chi connectivity index (χ1n) is 8.76. The summed E-state index contributed by atoms with van der Waals surface area (Å²) in [6.45, 7) is 3.77. The first-order valence-corrected chi connectivity index (χ1v) is 8.76. The summed E-state index contributed by atoms with van der Waals surface area (Å²) in [6.07, 6.45) is -0.596. The van der Waals surface area contributed by atoms with Crippen LogP contribution < -0.4 is 5.32 Å². The molecule has 0 unspecified atom stereocenters. The van der Waals surface area contributed by atoms with Gasteiger partial charge in [0.1, 0.15) is 6.10 Å². The predicted octanol–water partition coefficient (Wildman–Crippen LogP) is 3.00. The molecule has 2 aromatic carbocycles. The lowest BCUT2D eigenvalue weighted by atomic mass is 10.0. The number of anilines is 1. The first-order chi connectivity index (χ1) is 12.9. The molecule has 1 N–H and O–H groups in total. The molecule has 140 valence electrons. The number of nitrogens with zero attached hydrogens (tertiary/aromatic N) is 1. The van der Waals surface area contributed by atoms with E-state index >= 15 is 0 Å². The fourth-order valence-electron chi connectivity index (χ4n) is 3.18. The number of para-hydroxylation sites is 1. The molecule has 0 spiro atoms. The van der Waals surface area contributed by atoms with E-state index in [0.29, 0.717) is 11.1 Å². The number of amides is 2. The summed E-state index contributed by atoms with van der Waals surface area (Å²) in [6, 6.07) is 12.8. The fraction of sp³-hybridized carbons (Fsp3) is 0.286. The van der Waals surface area contributed by atoms with E-state index < -0.39 is 12.1 Å². The Kier molecular flexibility index (Phi) is 5.26. The molecule has 0 aliphatic carbocycles. The van der Waals surface area contributed by atoms with Crippen molar-refractivity contribution in [2.24, 2.45) is 0 Å². The number of fused-ring (bicyclic) bond motifs is 1. The van der Waals surface area contributed by atoms with Gasteiger partial charge in [0.15, 0.2) is 0 Å². The Hall–Kier alpha value is -3.15. The van der Waals surface area contributed by atoms with Crippen molar-refractivity contribution in [3.8, 4) is 0 Å². The third-order valence-electron chi connectivity index (χ3n) is 4.69. The zero-order chi connectivity index (χ0) is 19.6. The zero-order valence-corrected chi connectivity index (χ0v) is 15.6. The van der Waals surface area contributed by atoms with Crippen LogP contribution in [-0.4, -0.2) is 36.3 Å². The van der Waals surface area contributed by atoms with Gasteiger partial charge >= 0.3 is 5.97 Å². The van der Waals surface area contributed by atoms with Gasteiger partial charge in [-0.15, -0.1) is 0 Å². The highest BCUT2D eigenvalue weighted by Gasteiger charge is 2.33. The molecule has 0 fully saturated rings. The van der Waals surface area contributed by atoms with E-state index in [9.17, 15) is 14.4 Å². The van der Waals surface area contributed by atoms with Crippen LogP contribution in [-0.2, 0) is 14.3 Å². The van der Waals surface area contributed by atoms with Crippen LogP contribution in [0.3, 0.4) is 0 Å². The van der Waals surface area contributed by atoms with E-state index in [2.05, 4.69) is 5.32 Å². The van der Waals surface area contributed by atoms with E-state index in [4.69, 9.17) is 4.74 Å². The molecule has 1 atom stereocenters. The van der Waals surface area contributed by atoms with Gasteiger partial charge in [0.2, 0.25) is 11.8 Å². The molecular formula is C21H22N2O4. The van der Waals surface area contributed by atoms with Gasteiger partial charge < -0.3 is 15.0 Å². The van der Waals surface area contributed by atoms with Crippen LogP contribution in [0.4, 0.5) is 5.69 Å². The van der Waals surface area contributed by atoms with Gasteiger partial charge in [0, 0.05) is 18.3 Å². The number of benzene rings is 2. The summed E-state index contributed by atoms with van der Waals surface area (Å²) in [5.74, 6) is -0.952. The van der Waals surface area contributed by atoms with Crippen molar-refractivity contribution in [3.63, 3.8) is 0 Å². The van der Waals surface area contributed by atoms with Gasteiger partial charge in [-0.3, -0.25) is 9.59 Å². The van der Waals surface area contributed by atoms with Gasteiger partial charge in [-0.1, -0.05) is 36.4 Å². The van der Waals surface area contributed by atoms with Crippen LogP contribution in [0.15, 0.2) is 42.5 Å². The molecule has 0 bridgehead atoms. The highest BCUT2D eigenvalue weighted by molar-refractivity contribution is 5.97. The normalized spacial score (nSPS) is 15.1. The Morgan fingerprint density at radius 1 is 1.07 bits per heavy atom. The third kappa shape index (κ3) is 4.00. The van der Waals surface area contributed by atoms with Crippen molar-refractivity contribution >= 4 is 23.5 Å². The number of carbonyl (C=O) groups is 3. The number of aryl methyl sites for hydroxylation is 2. The molecule has 6 heteroatoms. The molecule has 3 rings (SSSR count). The molecule has 1 aliphatic heterocycles. The quantitative estimate of drug-likeness (QED) is 0.826. The van der Waals surface area contributed by atoms with Gasteiger partial charge in [0.05, 0.1) is 18.5 Å². The van der Waals surface area contributed by atoms with E-state index in [1.54, 1.807) is 31.3 Å². The molecule has 2 aromatic rings. The van der Waals surface area contributed by atoms with Gasteiger partial charge in [-0.25, -0.2) is 4.79 Å². The lowest BCUT2D eigenvalue weighted by molar-refractivity contribution is -0.135. The molecule has 0 radical (unpaired) electrons. The highest BCUT2D eigenvalue weighted by Crippen LogP contribution is 2.33. The number of hydrogen-bond acceptors (Lipinski definition) is 4. The van der Waals surface area contributed by atoms with Crippen LogP contribution in [0, 0.1) is 13.8 Å². The summed E-state index contributed by atoms with van der Waals surface area (Å²) in [5.41, 5.74) is 3.90. The second kappa shape index (κ2) is 7.61. The zero-order valence-electron chi connectivity index (χ0n) is 15.6. The van der Waals surface area contributed by atoms with Crippen molar-refractivity contribution in [2.75, 3.05) is 18.9 Å². The average Bonchev–Trinajstić information content (AvgIpc) is 2.94. The number of likely N-dealkylation sites (N-methyl/N-ethyl adjacent to an activating group) is 1. The van der Waals surface area contributed by atoms with Crippen molar-refractivity contribution < 1.29 is 19.1 Å². The minimum absolute atomic E-state index is 0.00985. The molecule has 1 aliphatic rings. The third-order valence-corrected chi connectivity index (χ3v) is 4.69. The minimum atomic E-state index is -0.606. The molecule has 27 heavy (non-hydrogen) atoms. The second-order valence-corrected chi connectivity index (χ2v) is 6.75. The van der Waals surface area contributed by atoms with Gasteiger partial charge in [-0.2, -0.15) is 0 Å². The van der Waals surface area contributed by atoms with Crippen LogP contribution in [0.5, 0.6) is 0 Å². The van der Waals surface area contributed by atoms with E-state index in [0.717, 1.165) is 16.8 Å². The Labute approximate surface area is 158 Å². The Morgan fingerprint density at radius 2 is 1.74 bits per heavy atom. The van der Waals surface area contributed by atoms with Gasteiger partial charge in [0.25, 0.3) is 0 Å². The van der Waals surface area contributed by atoms with E-state index in [1.165, 1.54) is 4.90 Å². The standard InChI is InChI=1S/C21H22N2O4/c1-13-7-6-8-14(2)20(13)22-18(24)12-23(3)19(25)11-17-15-9-4-5-10-16(15)21(26)27-17/h4-10,17H,11-12H2,1-3H3,(H,22,24)/t17-/m0/s1. The summed E-state index contributed by atoms with van der Waals surface area (Å²) in [7, 11) is 1.56. The number of carbonyl (C=O) groups excluding carboxylic acids is 3. The smallest absolute Gasteiger partial charge is 0.339 e. The molecule has 6 nitrogen and oxygen atoms in total. The van der Waals surface area contributed by atoms with Crippen molar-refractivity contribution in [2.45, 2.75) is 26.4 Å². The number of rotatable bonds is 5. The lowest BCUT2D eigenvalue weighted by Crippen LogP contribution is -2.35. The highest BCUT2D eigenvalue weighted by atomic mass is 16.5. The first kappa shape index (κ1) is 18.6. The Morgan fingerprint density at radius 3 is 2.44 bits per heavy atom. The number of nitrogens with one attached hydrogen (secondary N) is 1. The number of esters is 1. The molecule has 0 aromatic heterocycles. The summed E-state index contributed by atoms with van der Waals surface area (Å²) < 4.78 is 5.30. The molecule has 1 heterocycles. The maximum atomic E-state index is 12.5. The van der Waals surface area contributed by atoms with E-state index in [1.807, 2.05) is 32.0 Å². The van der Waals surface area contributed by atoms with Crippen LogP contribution >= 0.6 is 0 Å². The number of cyclic esters (lactones) is 1. The SMILES string of the molecule is Cc1cccc(C)c1NC(=O)CN(C)C(=O)C[C@@H]1OC(=O)c2ccccc21. The summed E-state index contributed by atoms with van der Waals surface area (Å²) in [4.78, 5) is 38.0. The molecule has 0 saturated heterocycles. The van der Waals surface area contributed by atoms with Crippen LogP contribution in [0.25, 0.3) is 0 Å². The fourth-order valence-corrected chi connectivity index (χ4v) is 3.18. The number of ether oxygens (including phenoxy) is 1. The maximum absolute atomic E-state index is 12.5. The summed E-state index contributed by atoms with van der Waals surface area (Å²) >= 11 is 0. The predicted molar refractivity (Wildman–Crippen MR) is 101 cm³/mol. The maximum Gasteiger partial charge on any atom is 0.339 e. The summed E-state index contributed by atoms with van der Waals surface area (Å²) in [5, 5.41) is 2.86. The minimum Gasteiger partial charge on any atom is -0.453 e. The number of hydrogen-bond donors (Lipinski definition) is 1. The van der Waals surface area contributed by atoms with Crippen molar-refractivity contribution in [1.29, 1.82) is 0 Å². The van der Waals surface area contributed by atoms with Crippen molar-refractivity contribution in [1.82, 2.24) is 4.90 Å². The average molecular weight is 366 g/mol. The van der Waals surface area contributed by atoms with Gasteiger partial charge in [-0.05, 0) is 31.0 Å². The largest absolute Gasteiger partial charge is 0.453 e.